The first-order valence-electron chi connectivity index (χ1n) is 13.6. The van der Waals surface area contributed by atoms with Gasteiger partial charge in [0.05, 0.1) is 5.92 Å². The molecule has 2 aromatic rings. The summed E-state index contributed by atoms with van der Waals surface area (Å²) in [4.78, 5) is 18.5. The number of fused-ring (bicyclic) bond motifs is 1. The topological polar surface area (TPSA) is 23.6 Å². The highest BCUT2D eigenvalue weighted by molar-refractivity contribution is 5.79. The molecule has 1 amide bonds. The first-order valence-corrected chi connectivity index (χ1v) is 13.6. The van der Waals surface area contributed by atoms with Crippen molar-refractivity contribution in [2.75, 3.05) is 19.6 Å². The minimum Gasteiger partial charge on any atom is -0.338 e. The van der Waals surface area contributed by atoms with Crippen LogP contribution < -0.4 is 0 Å². The Morgan fingerprint density at radius 1 is 1.03 bits per heavy atom. The number of amides is 1. The number of hydrogen-bond donors (Lipinski definition) is 0. The van der Waals surface area contributed by atoms with E-state index in [4.69, 9.17) is 0 Å². The minimum absolute atomic E-state index is 0.110. The second kappa shape index (κ2) is 11.5. The lowest BCUT2D eigenvalue weighted by Gasteiger charge is -2.36. The molecule has 184 valence electrons. The molecule has 4 rings (SSSR count). The second-order valence-corrected chi connectivity index (χ2v) is 11.2. The van der Waals surface area contributed by atoms with Gasteiger partial charge in [0, 0.05) is 26.2 Å². The predicted octanol–water partition coefficient (Wildman–Crippen LogP) is 6.47. The second-order valence-electron chi connectivity index (χ2n) is 11.2. The lowest BCUT2D eigenvalue weighted by molar-refractivity contribution is -0.138. The van der Waals surface area contributed by atoms with E-state index in [0.717, 1.165) is 45.6 Å². The van der Waals surface area contributed by atoms with E-state index in [0.29, 0.717) is 11.8 Å². The van der Waals surface area contributed by atoms with E-state index in [2.05, 4.69) is 73.9 Å². The van der Waals surface area contributed by atoms with Crippen LogP contribution in [0.15, 0.2) is 36.4 Å². The predicted molar refractivity (Wildman–Crippen MR) is 142 cm³/mol. The van der Waals surface area contributed by atoms with Crippen molar-refractivity contribution in [3.05, 3.63) is 69.8 Å². The smallest absolute Gasteiger partial charge is 0.227 e. The van der Waals surface area contributed by atoms with E-state index in [1.165, 1.54) is 59.9 Å². The van der Waals surface area contributed by atoms with Crippen LogP contribution in [0, 0.1) is 25.7 Å². The summed E-state index contributed by atoms with van der Waals surface area (Å²) in [5.41, 5.74) is 8.58. The van der Waals surface area contributed by atoms with Crippen LogP contribution in [-0.2, 0) is 30.7 Å². The molecular formula is C31H44N2O. The number of carbonyl (C=O) groups excluding carboxylic acids is 1. The quantitative estimate of drug-likeness (QED) is 0.442. The van der Waals surface area contributed by atoms with Gasteiger partial charge in [-0.2, -0.15) is 0 Å². The number of likely N-dealkylation sites (tertiary alicyclic amines) is 1. The van der Waals surface area contributed by atoms with Crippen LogP contribution in [0.2, 0.25) is 0 Å². The molecule has 0 bridgehead atoms. The zero-order chi connectivity index (χ0) is 24.1. The highest BCUT2D eigenvalue weighted by atomic mass is 16.2. The Morgan fingerprint density at radius 3 is 2.62 bits per heavy atom. The van der Waals surface area contributed by atoms with Crippen LogP contribution in [0.1, 0.15) is 79.3 Å². The average Bonchev–Trinajstić information content (AvgIpc) is 3.06. The molecule has 34 heavy (non-hydrogen) atoms. The molecule has 1 aliphatic heterocycles. The van der Waals surface area contributed by atoms with Crippen molar-refractivity contribution in [2.45, 2.75) is 85.7 Å². The van der Waals surface area contributed by atoms with E-state index < -0.39 is 0 Å². The van der Waals surface area contributed by atoms with Gasteiger partial charge in [0.25, 0.3) is 0 Å². The molecule has 2 aromatic carbocycles. The largest absolute Gasteiger partial charge is 0.338 e. The molecule has 1 atom stereocenters. The number of piperidine rings is 1. The first-order chi connectivity index (χ1) is 16.4. The zero-order valence-corrected chi connectivity index (χ0v) is 21.9. The maximum atomic E-state index is 13.8. The number of benzene rings is 2. The van der Waals surface area contributed by atoms with E-state index >= 15 is 0 Å². The third-order valence-corrected chi connectivity index (χ3v) is 7.78. The summed E-state index contributed by atoms with van der Waals surface area (Å²) in [6.07, 6.45) is 8.47. The fourth-order valence-corrected chi connectivity index (χ4v) is 6.02. The number of nitrogens with zero attached hydrogens (tertiary/aromatic N) is 2. The molecule has 0 saturated carbocycles. The molecule has 2 aliphatic rings. The van der Waals surface area contributed by atoms with Crippen molar-refractivity contribution in [1.82, 2.24) is 9.80 Å². The van der Waals surface area contributed by atoms with Crippen LogP contribution in [0.3, 0.4) is 0 Å². The van der Waals surface area contributed by atoms with Crippen molar-refractivity contribution in [3.63, 3.8) is 0 Å². The third-order valence-electron chi connectivity index (χ3n) is 7.78. The van der Waals surface area contributed by atoms with Gasteiger partial charge in [-0.1, -0.05) is 56.7 Å². The standard InChI is InChI=1S/C31H44N2O/c1-23(2)19-33(20-26-17-25(4)30-15-7-5-6-12-27(30)18-26)31(34)29-14-10-16-32(22-29)21-28-13-9-8-11-24(28)3/h8-9,11,13,17-18,23,29H,5-7,10,12,14-16,19-22H2,1-4H3/t29-/m1/s1. The molecule has 3 nitrogen and oxygen atoms in total. The van der Waals surface area contributed by atoms with Gasteiger partial charge >= 0.3 is 0 Å². The summed E-state index contributed by atoms with van der Waals surface area (Å²) < 4.78 is 0. The van der Waals surface area contributed by atoms with Gasteiger partial charge in [-0.25, -0.2) is 0 Å². The first kappa shape index (κ1) is 25.0. The highest BCUT2D eigenvalue weighted by Gasteiger charge is 2.30. The summed E-state index contributed by atoms with van der Waals surface area (Å²) in [5, 5.41) is 0. The van der Waals surface area contributed by atoms with Gasteiger partial charge in [-0.15, -0.1) is 0 Å². The summed E-state index contributed by atoms with van der Waals surface area (Å²) in [5.74, 6) is 0.937. The molecule has 3 heteroatoms. The molecule has 1 heterocycles. The van der Waals surface area contributed by atoms with Crippen LogP contribution in [-0.4, -0.2) is 35.3 Å². The van der Waals surface area contributed by atoms with Crippen molar-refractivity contribution >= 4 is 5.91 Å². The Labute approximate surface area is 207 Å². The van der Waals surface area contributed by atoms with Gasteiger partial charge in [-0.05, 0) is 98.2 Å². The number of rotatable bonds is 7. The summed E-state index contributed by atoms with van der Waals surface area (Å²) in [6.45, 7) is 13.4. The Kier molecular flexibility index (Phi) is 8.47. The van der Waals surface area contributed by atoms with Gasteiger partial charge < -0.3 is 4.90 Å². The van der Waals surface area contributed by atoms with Crippen molar-refractivity contribution in [2.24, 2.45) is 11.8 Å². The summed E-state index contributed by atoms with van der Waals surface area (Å²) in [7, 11) is 0. The van der Waals surface area contributed by atoms with E-state index in [9.17, 15) is 4.79 Å². The van der Waals surface area contributed by atoms with Crippen LogP contribution in [0.4, 0.5) is 0 Å². The normalized spacial score (nSPS) is 19.0. The van der Waals surface area contributed by atoms with Crippen LogP contribution >= 0.6 is 0 Å². The number of hydrogen-bond acceptors (Lipinski definition) is 2. The van der Waals surface area contributed by atoms with Crippen molar-refractivity contribution < 1.29 is 4.79 Å². The van der Waals surface area contributed by atoms with E-state index in [1.807, 2.05) is 0 Å². The van der Waals surface area contributed by atoms with E-state index in [1.54, 1.807) is 5.56 Å². The van der Waals surface area contributed by atoms with Gasteiger partial charge in [0.15, 0.2) is 0 Å². The van der Waals surface area contributed by atoms with Crippen molar-refractivity contribution in [3.8, 4) is 0 Å². The molecule has 1 aliphatic carbocycles. The van der Waals surface area contributed by atoms with E-state index in [-0.39, 0.29) is 5.92 Å². The Hall–Kier alpha value is -2.13. The van der Waals surface area contributed by atoms with Crippen LogP contribution in [0.5, 0.6) is 0 Å². The minimum atomic E-state index is 0.110. The molecule has 0 spiro atoms. The Morgan fingerprint density at radius 2 is 1.82 bits per heavy atom. The van der Waals surface area contributed by atoms with Gasteiger partial charge in [0.1, 0.15) is 0 Å². The molecule has 0 aromatic heterocycles. The lowest BCUT2D eigenvalue weighted by Crippen LogP contribution is -2.45. The van der Waals surface area contributed by atoms with Crippen molar-refractivity contribution in [1.29, 1.82) is 0 Å². The maximum absolute atomic E-state index is 13.8. The number of carbonyl (C=O) groups is 1. The summed E-state index contributed by atoms with van der Waals surface area (Å²) >= 11 is 0. The zero-order valence-electron chi connectivity index (χ0n) is 21.9. The lowest BCUT2D eigenvalue weighted by atomic mass is 9.93. The van der Waals surface area contributed by atoms with Gasteiger partial charge in [0.2, 0.25) is 5.91 Å². The summed E-state index contributed by atoms with van der Waals surface area (Å²) in [6, 6.07) is 13.4. The Bertz CT molecular complexity index is 979. The fourth-order valence-electron chi connectivity index (χ4n) is 6.02. The van der Waals surface area contributed by atoms with Gasteiger partial charge in [-0.3, -0.25) is 9.69 Å². The maximum Gasteiger partial charge on any atom is 0.227 e. The fraction of sp³-hybridized carbons (Fsp3) is 0.581. The SMILES string of the molecule is Cc1ccccc1CN1CCC[C@@H](C(=O)N(Cc2cc(C)c3c(c2)CCCCC3)CC(C)C)C1. The molecule has 0 unspecified atom stereocenters. The monoisotopic (exact) mass is 460 g/mol. The third kappa shape index (κ3) is 6.30. The molecule has 1 saturated heterocycles. The molecule has 0 radical (unpaired) electrons. The molecule has 0 N–H and O–H groups in total. The average molecular weight is 461 g/mol. The molecular weight excluding hydrogens is 416 g/mol. The van der Waals surface area contributed by atoms with Crippen LogP contribution in [0.25, 0.3) is 0 Å². The highest BCUT2D eigenvalue weighted by Crippen LogP contribution is 2.27. The Balaban J connectivity index is 1.47. The molecule has 1 fully saturated rings. The number of aryl methyl sites for hydroxylation is 3.